The van der Waals surface area contributed by atoms with Gasteiger partial charge in [-0.15, -0.1) is 0 Å². The van der Waals surface area contributed by atoms with Gasteiger partial charge in [0, 0.05) is 30.6 Å². The van der Waals surface area contributed by atoms with Crippen LogP contribution in [0.5, 0.6) is 0 Å². The second kappa shape index (κ2) is 6.88. The molecule has 0 bridgehead atoms. The third-order valence-electron chi connectivity index (χ3n) is 5.86. The van der Waals surface area contributed by atoms with Crippen LogP contribution in [0.1, 0.15) is 41.5 Å². The molecule has 0 radical (unpaired) electrons. The molecule has 1 fully saturated rings. The molecule has 4 aromatic rings. The van der Waals surface area contributed by atoms with E-state index in [0.29, 0.717) is 17.6 Å². The van der Waals surface area contributed by atoms with Crippen LogP contribution >= 0.6 is 0 Å². The number of imidazole rings is 1. The van der Waals surface area contributed by atoms with Crippen molar-refractivity contribution in [2.24, 2.45) is 7.05 Å². The fourth-order valence-electron chi connectivity index (χ4n) is 4.44. The van der Waals surface area contributed by atoms with Gasteiger partial charge in [-0.05, 0) is 37.5 Å². The highest BCUT2D eigenvalue weighted by atomic mass is 16.2. The fraction of sp³-hybridized carbons (Fsp3) is 0.261. The maximum absolute atomic E-state index is 13.6. The molecule has 1 N–H and O–H groups in total. The molecule has 0 saturated carbocycles. The Morgan fingerprint density at radius 2 is 1.90 bits per heavy atom. The first kappa shape index (κ1) is 17.7. The second-order valence-corrected chi connectivity index (χ2v) is 7.62. The number of benzene rings is 2. The van der Waals surface area contributed by atoms with Crippen LogP contribution in [-0.2, 0) is 7.05 Å². The second-order valence-electron chi connectivity index (χ2n) is 7.62. The number of H-pyrrole nitrogens is 1. The molecular weight excluding hydrogens is 364 g/mol. The molecule has 3 heterocycles. The average molecular weight is 386 g/mol. The number of hydrogen-bond donors (Lipinski definition) is 1. The van der Waals surface area contributed by atoms with Crippen LogP contribution in [0.25, 0.3) is 21.9 Å². The van der Waals surface area contributed by atoms with E-state index >= 15 is 0 Å². The molecule has 6 nitrogen and oxygen atoms in total. The predicted octanol–water partition coefficient (Wildman–Crippen LogP) is 3.78. The van der Waals surface area contributed by atoms with Crippen molar-refractivity contribution in [3.05, 3.63) is 76.3 Å². The van der Waals surface area contributed by atoms with Crippen LogP contribution in [0.15, 0.2) is 59.4 Å². The topological polar surface area (TPSA) is 71.0 Å². The monoisotopic (exact) mass is 386 g/mol. The maximum Gasteiger partial charge on any atom is 0.255 e. The predicted molar refractivity (Wildman–Crippen MR) is 113 cm³/mol. The van der Waals surface area contributed by atoms with Crippen LogP contribution in [0.2, 0.25) is 0 Å². The molecule has 6 heteroatoms. The number of carbonyl (C=O) groups is 1. The molecule has 1 aliphatic heterocycles. The Hall–Kier alpha value is -3.41. The van der Waals surface area contributed by atoms with Gasteiger partial charge >= 0.3 is 0 Å². The summed E-state index contributed by atoms with van der Waals surface area (Å²) >= 11 is 0. The highest BCUT2D eigenvalue weighted by Gasteiger charge is 2.32. The normalized spacial score (nSPS) is 17.1. The number of amides is 1. The highest BCUT2D eigenvalue weighted by Crippen LogP contribution is 2.33. The number of para-hydroxylation sites is 3. The Bertz CT molecular complexity index is 1290. The number of aromatic amines is 1. The summed E-state index contributed by atoms with van der Waals surface area (Å²) in [6.45, 7) is 0.661. The van der Waals surface area contributed by atoms with Crippen molar-refractivity contribution >= 4 is 27.8 Å². The molecule has 1 atom stereocenters. The summed E-state index contributed by atoms with van der Waals surface area (Å²) in [6, 6.07) is 16.8. The molecule has 1 amide bonds. The number of rotatable bonds is 2. The van der Waals surface area contributed by atoms with Crippen LogP contribution in [0.3, 0.4) is 0 Å². The highest BCUT2D eigenvalue weighted by molar-refractivity contribution is 6.06. The molecule has 146 valence electrons. The van der Waals surface area contributed by atoms with Crippen molar-refractivity contribution < 1.29 is 4.79 Å². The smallest absolute Gasteiger partial charge is 0.255 e. The lowest BCUT2D eigenvalue weighted by Crippen LogP contribution is -2.40. The van der Waals surface area contributed by atoms with Crippen LogP contribution in [-0.4, -0.2) is 31.9 Å². The summed E-state index contributed by atoms with van der Waals surface area (Å²) in [5.74, 6) is 0.789. The number of hydrogen-bond acceptors (Lipinski definition) is 3. The van der Waals surface area contributed by atoms with Gasteiger partial charge < -0.3 is 14.5 Å². The lowest BCUT2D eigenvalue weighted by atomic mass is 9.99. The zero-order valence-electron chi connectivity index (χ0n) is 16.3. The third kappa shape index (κ3) is 2.92. The third-order valence-corrected chi connectivity index (χ3v) is 5.86. The van der Waals surface area contributed by atoms with Crippen LogP contribution in [0.4, 0.5) is 0 Å². The summed E-state index contributed by atoms with van der Waals surface area (Å²) in [5, 5.41) is 0.770. The molecule has 5 rings (SSSR count). The Kier molecular flexibility index (Phi) is 4.19. The summed E-state index contributed by atoms with van der Waals surface area (Å²) < 4.78 is 2.08. The standard InChI is InChI=1S/C23H22N4O2/c1-26-19-11-5-4-10-18(19)25-22(26)20-12-6-7-13-27(20)23(29)16-14-21(28)24-17-9-3-2-8-15(16)17/h2-5,8-11,14,20H,6-7,12-13H2,1H3,(H,24,28)/t20-/m1/s1. The summed E-state index contributed by atoms with van der Waals surface area (Å²) in [7, 11) is 2.00. The number of aromatic nitrogens is 3. The number of likely N-dealkylation sites (tertiary alicyclic amines) is 1. The minimum Gasteiger partial charge on any atom is -0.329 e. The first-order valence-corrected chi connectivity index (χ1v) is 9.98. The Labute approximate surface area is 167 Å². The zero-order valence-corrected chi connectivity index (χ0v) is 16.3. The van der Waals surface area contributed by atoms with E-state index in [-0.39, 0.29) is 17.5 Å². The summed E-state index contributed by atoms with van der Waals surface area (Å²) in [5.41, 5.74) is 2.87. The van der Waals surface area contributed by atoms with Gasteiger partial charge in [0.15, 0.2) is 0 Å². The fourth-order valence-corrected chi connectivity index (χ4v) is 4.44. The van der Waals surface area contributed by atoms with Crippen molar-refractivity contribution in [3.8, 4) is 0 Å². The Morgan fingerprint density at radius 1 is 1.10 bits per heavy atom. The maximum atomic E-state index is 13.6. The lowest BCUT2D eigenvalue weighted by Gasteiger charge is -2.35. The van der Waals surface area contributed by atoms with E-state index in [1.807, 2.05) is 60.5 Å². The van der Waals surface area contributed by atoms with E-state index in [4.69, 9.17) is 4.98 Å². The molecule has 29 heavy (non-hydrogen) atoms. The van der Waals surface area contributed by atoms with Gasteiger partial charge in [0.25, 0.3) is 5.91 Å². The molecule has 2 aromatic carbocycles. The van der Waals surface area contributed by atoms with E-state index in [2.05, 4.69) is 9.55 Å². The van der Waals surface area contributed by atoms with Crippen molar-refractivity contribution in [2.45, 2.75) is 25.3 Å². The summed E-state index contributed by atoms with van der Waals surface area (Å²) in [6.07, 6.45) is 2.87. The van der Waals surface area contributed by atoms with Crippen molar-refractivity contribution in [3.63, 3.8) is 0 Å². The van der Waals surface area contributed by atoms with Gasteiger partial charge in [-0.1, -0.05) is 30.3 Å². The molecule has 2 aromatic heterocycles. The van der Waals surface area contributed by atoms with Gasteiger partial charge in [0.1, 0.15) is 5.82 Å². The number of pyridine rings is 1. The van der Waals surface area contributed by atoms with Gasteiger partial charge in [-0.25, -0.2) is 4.98 Å². The van der Waals surface area contributed by atoms with E-state index in [1.54, 1.807) is 0 Å². The molecule has 0 unspecified atom stereocenters. The van der Waals surface area contributed by atoms with Gasteiger partial charge in [-0.2, -0.15) is 0 Å². The van der Waals surface area contributed by atoms with Gasteiger partial charge in [0.05, 0.1) is 22.6 Å². The van der Waals surface area contributed by atoms with Crippen LogP contribution < -0.4 is 5.56 Å². The number of carbonyl (C=O) groups excluding carboxylic acids is 1. The first-order chi connectivity index (χ1) is 14.1. The molecule has 0 aliphatic carbocycles. The number of fused-ring (bicyclic) bond motifs is 2. The minimum atomic E-state index is -0.261. The van der Waals surface area contributed by atoms with E-state index in [9.17, 15) is 9.59 Å². The largest absolute Gasteiger partial charge is 0.329 e. The first-order valence-electron chi connectivity index (χ1n) is 9.98. The van der Waals surface area contributed by atoms with Gasteiger partial charge in [-0.3, -0.25) is 9.59 Å². The SMILES string of the molecule is Cn1c([C@H]2CCCCN2C(=O)c2cc(=O)[nH]c3ccccc23)nc2ccccc21. The van der Waals surface area contributed by atoms with Crippen molar-refractivity contribution in [1.82, 2.24) is 19.4 Å². The number of nitrogens with one attached hydrogen (secondary N) is 1. The minimum absolute atomic E-state index is 0.105. The summed E-state index contributed by atoms with van der Waals surface area (Å²) in [4.78, 5) is 35.3. The molecular formula is C23H22N4O2. The lowest BCUT2D eigenvalue weighted by molar-refractivity contribution is 0.0599. The number of piperidine rings is 1. The Morgan fingerprint density at radius 3 is 2.76 bits per heavy atom. The average Bonchev–Trinajstić information content (AvgIpc) is 3.09. The van der Waals surface area contributed by atoms with Crippen molar-refractivity contribution in [1.29, 1.82) is 0 Å². The van der Waals surface area contributed by atoms with E-state index in [1.165, 1.54) is 6.07 Å². The van der Waals surface area contributed by atoms with E-state index in [0.717, 1.165) is 41.5 Å². The quantitative estimate of drug-likeness (QED) is 0.570. The van der Waals surface area contributed by atoms with Gasteiger partial charge in [0.2, 0.25) is 5.56 Å². The van der Waals surface area contributed by atoms with E-state index < -0.39 is 0 Å². The van der Waals surface area contributed by atoms with Crippen molar-refractivity contribution in [2.75, 3.05) is 6.54 Å². The molecule has 1 aliphatic rings. The number of nitrogens with zero attached hydrogens (tertiary/aromatic N) is 3. The van der Waals surface area contributed by atoms with Crippen LogP contribution in [0, 0.1) is 0 Å². The molecule has 1 saturated heterocycles. The Balaban J connectivity index is 1.61. The molecule has 0 spiro atoms. The zero-order chi connectivity index (χ0) is 20.0. The number of aryl methyl sites for hydroxylation is 1.